The molecule has 5 nitrogen and oxygen atoms in total. The molecule has 0 saturated heterocycles. The van der Waals surface area contributed by atoms with Crippen LogP contribution in [0.15, 0.2) is 29.2 Å². The first-order valence-electron chi connectivity index (χ1n) is 6.46. The molecule has 0 unspecified atom stereocenters. The summed E-state index contributed by atoms with van der Waals surface area (Å²) < 4.78 is 136. The highest BCUT2D eigenvalue weighted by Crippen LogP contribution is 2.53. The van der Waals surface area contributed by atoms with Crippen molar-refractivity contribution in [2.24, 2.45) is 5.14 Å². The predicted molar refractivity (Wildman–Crippen MR) is 70.6 cm³/mol. The van der Waals surface area contributed by atoms with Crippen LogP contribution in [0.1, 0.15) is 5.56 Å². The van der Waals surface area contributed by atoms with Gasteiger partial charge in [-0.15, -0.1) is 0 Å². The second-order valence-corrected chi connectivity index (χ2v) is 6.65. The van der Waals surface area contributed by atoms with E-state index in [2.05, 4.69) is 0 Å². The number of nitrogens with one attached hydrogen (secondary N) is 1. The second kappa shape index (κ2) is 6.85. The Hall–Kier alpha value is -2.03. The van der Waals surface area contributed by atoms with Crippen molar-refractivity contribution >= 4 is 15.9 Å². The molecule has 0 saturated carbocycles. The van der Waals surface area contributed by atoms with E-state index in [1.54, 1.807) is 0 Å². The van der Waals surface area contributed by atoms with Crippen LogP contribution < -0.4 is 10.5 Å². The number of benzene rings is 1. The Morgan fingerprint density at radius 2 is 1.33 bits per heavy atom. The number of carbonyl (C=O) groups excluding carboxylic acids is 1. The van der Waals surface area contributed by atoms with Crippen LogP contribution in [0.25, 0.3) is 0 Å². The molecule has 0 heterocycles. The Labute approximate surface area is 145 Å². The molecular formula is C12H9F9N2O3S. The molecule has 1 aromatic carbocycles. The van der Waals surface area contributed by atoms with Crippen LogP contribution in [0, 0.1) is 0 Å². The highest BCUT2D eigenvalue weighted by molar-refractivity contribution is 7.89. The van der Waals surface area contributed by atoms with Gasteiger partial charge < -0.3 is 5.32 Å². The Balaban J connectivity index is 2.98. The highest BCUT2D eigenvalue weighted by Gasteiger charge is 2.83. The number of hydrogen-bond donors (Lipinski definition) is 2. The van der Waals surface area contributed by atoms with E-state index in [4.69, 9.17) is 5.14 Å². The van der Waals surface area contributed by atoms with Gasteiger partial charge in [-0.3, -0.25) is 4.79 Å². The summed E-state index contributed by atoms with van der Waals surface area (Å²) in [6, 6.07) is 3.50. The van der Waals surface area contributed by atoms with Gasteiger partial charge in [0.2, 0.25) is 10.0 Å². The van der Waals surface area contributed by atoms with E-state index >= 15 is 0 Å². The molecule has 0 aromatic heterocycles. The third kappa shape index (κ3) is 4.28. The van der Waals surface area contributed by atoms with Crippen molar-refractivity contribution in [3.05, 3.63) is 29.8 Å². The lowest BCUT2D eigenvalue weighted by Gasteiger charge is -2.32. The van der Waals surface area contributed by atoms with Gasteiger partial charge in [0, 0.05) is 6.54 Å². The molecule has 15 heteroatoms. The smallest absolute Gasteiger partial charge is 0.347 e. The lowest BCUT2D eigenvalue weighted by molar-refractivity contribution is -0.388. The van der Waals surface area contributed by atoms with Crippen LogP contribution in [0.2, 0.25) is 0 Å². The van der Waals surface area contributed by atoms with E-state index in [9.17, 15) is 52.7 Å². The van der Waals surface area contributed by atoms with E-state index in [1.807, 2.05) is 0 Å². The number of halogens is 9. The number of hydrogen-bond acceptors (Lipinski definition) is 3. The van der Waals surface area contributed by atoms with Crippen molar-refractivity contribution in [1.29, 1.82) is 0 Å². The van der Waals surface area contributed by atoms with E-state index in [1.165, 1.54) is 0 Å². The summed E-state index contributed by atoms with van der Waals surface area (Å²) in [6.07, 6.45) is -7.04. The van der Waals surface area contributed by atoms with Gasteiger partial charge in [0.25, 0.3) is 5.91 Å². The summed E-state index contributed by atoms with van der Waals surface area (Å²) in [6.45, 7) is -1.01. The largest absolute Gasteiger partial charge is 0.460 e. The van der Waals surface area contributed by atoms with Gasteiger partial charge in [-0.1, -0.05) is 12.1 Å². The SMILES string of the molecule is NS(=O)(=O)c1ccc(CNC(=O)C(F)(F)C(F)(F)C(F)(F)C(F)(F)F)cc1. The summed E-state index contributed by atoms with van der Waals surface area (Å²) in [5.74, 6) is -23.8. The molecule has 1 rings (SSSR count). The van der Waals surface area contributed by atoms with Crippen molar-refractivity contribution in [2.45, 2.75) is 35.4 Å². The minimum absolute atomic E-state index is 0.169. The van der Waals surface area contributed by atoms with E-state index in [0.29, 0.717) is 0 Å². The van der Waals surface area contributed by atoms with Crippen molar-refractivity contribution in [1.82, 2.24) is 5.32 Å². The van der Waals surface area contributed by atoms with Crippen LogP contribution >= 0.6 is 0 Å². The number of nitrogens with two attached hydrogens (primary N) is 1. The van der Waals surface area contributed by atoms with Gasteiger partial charge in [0.05, 0.1) is 4.90 Å². The number of primary sulfonamides is 1. The quantitative estimate of drug-likeness (QED) is 0.677. The third-order valence-corrected chi connectivity index (χ3v) is 4.06. The van der Waals surface area contributed by atoms with Gasteiger partial charge in [-0.05, 0) is 17.7 Å². The average Bonchev–Trinajstić information content (AvgIpc) is 2.50. The predicted octanol–water partition coefficient (Wildman–Crippen LogP) is 2.42. The molecule has 0 spiro atoms. The first-order chi connectivity index (χ1) is 11.9. The van der Waals surface area contributed by atoms with Crippen LogP contribution in [-0.4, -0.2) is 38.3 Å². The van der Waals surface area contributed by atoms with Gasteiger partial charge in [-0.25, -0.2) is 13.6 Å². The molecule has 27 heavy (non-hydrogen) atoms. The summed E-state index contributed by atoms with van der Waals surface area (Å²) in [5, 5.41) is 5.84. The van der Waals surface area contributed by atoms with Gasteiger partial charge >= 0.3 is 23.9 Å². The first kappa shape index (κ1) is 23.0. The van der Waals surface area contributed by atoms with Crippen LogP contribution in [0.4, 0.5) is 39.5 Å². The van der Waals surface area contributed by atoms with Gasteiger partial charge in [0.15, 0.2) is 0 Å². The molecule has 0 bridgehead atoms. The van der Waals surface area contributed by atoms with Crippen LogP contribution in [0.3, 0.4) is 0 Å². The first-order valence-corrected chi connectivity index (χ1v) is 8.00. The minimum Gasteiger partial charge on any atom is -0.347 e. The molecule has 154 valence electrons. The fourth-order valence-electron chi connectivity index (χ4n) is 1.61. The fraction of sp³-hybridized carbons (Fsp3) is 0.417. The normalized spacial score (nSPS) is 14.1. The number of rotatable bonds is 6. The number of amides is 1. The summed E-state index contributed by atoms with van der Waals surface area (Å²) in [5.41, 5.74) is -0.169. The number of sulfonamides is 1. The Kier molecular flexibility index (Phi) is 5.84. The van der Waals surface area contributed by atoms with Crippen molar-refractivity contribution in [3.63, 3.8) is 0 Å². The Morgan fingerprint density at radius 3 is 1.70 bits per heavy atom. The van der Waals surface area contributed by atoms with E-state index < -0.39 is 51.3 Å². The zero-order chi connectivity index (χ0) is 21.5. The van der Waals surface area contributed by atoms with Crippen LogP contribution in [-0.2, 0) is 21.4 Å². The summed E-state index contributed by atoms with van der Waals surface area (Å²) in [4.78, 5) is 10.7. The molecular weight excluding hydrogens is 423 g/mol. The lowest BCUT2D eigenvalue weighted by Crippen LogP contribution is -2.65. The molecule has 0 aliphatic heterocycles. The monoisotopic (exact) mass is 432 g/mol. The topological polar surface area (TPSA) is 89.3 Å². The molecule has 0 radical (unpaired) electrons. The maximum Gasteiger partial charge on any atom is 0.460 e. The Morgan fingerprint density at radius 1 is 0.889 bits per heavy atom. The van der Waals surface area contributed by atoms with Gasteiger partial charge in [0.1, 0.15) is 0 Å². The lowest BCUT2D eigenvalue weighted by atomic mass is 10.0. The van der Waals surface area contributed by atoms with Crippen LogP contribution in [0.5, 0.6) is 0 Å². The molecule has 0 fully saturated rings. The molecule has 1 aromatic rings. The maximum atomic E-state index is 13.3. The molecule has 0 aliphatic carbocycles. The van der Waals surface area contributed by atoms with Gasteiger partial charge in [-0.2, -0.15) is 39.5 Å². The van der Waals surface area contributed by atoms with E-state index in [-0.39, 0.29) is 5.56 Å². The zero-order valence-corrected chi connectivity index (χ0v) is 13.4. The van der Waals surface area contributed by atoms with Crippen molar-refractivity contribution in [3.8, 4) is 0 Å². The molecule has 0 atom stereocenters. The second-order valence-electron chi connectivity index (χ2n) is 5.09. The van der Waals surface area contributed by atoms with E-state index in [0.717, 1.165) is 29.6 Å². The van der Waals surface area contributed by atoms with Crippen molar-refractivity contribution < 1.29 is 52.7 Å². The van der Waals surface area contributed by atoms with Crippen molar-refractivity contribution in [2.75, 3.05) is 0 Å². The fourth-order valence-corrected chi connectivity index (χ4v) is 2.12. The Bertz CT molecular complexity index is 804. The molecule has 3 N–H and O–H groups in total. The summed E-state index contributed by atoms with van der Waals surface area (Å²) in [7, 11) is -4.12. The number of carbonyl (C=O) groups is 1. The minimum atomic E-state index is -7.18. The average molecular weight is 432 g/mol. The standard InChI is InChI=1S/C12H9F9N2O3S/c13-9(14,10(15,16)11(17,18)12(19,20)21)8(24)23-5-6-1-3-7(4-2-6)27(22,25)26/h1-4H,5H2,(H,23,24)(H2,22,25,26). The molecule has 0 aliphatic rings. The summed E-state index contributed by atoms with van der Waals surface area (Å²) >= 11 is 0. The zero-order valence-electron chi connectivity index (χ0n) is 12.6. The third-order valence-electron chi connectivity index (χ3n) is 3.13. The maximum absolute atomic E-state index is 13.3. The highest BCUT2D eigenvalue weighted by atomic mass is 32.2. The number of alkyl halides is 9. The molecule has 1 amide bonds.